The quantitative estimate of drug-likeness (QED) is 0.716. The van der Waals surface area contributed by atoms with Gasteiger partial charge in [-0.15, -0.1) is 11.3 Å². The van der Waals surface area contributed by atoms with Gasteiger partial charge < -0.3 is 11.1 Å². The Morgan fingerprint density at radius 2 is 1.86 bits per heavy atom. The number of benzene rings is 1. The van der Waals surface area contributed by atoms with Crippen molar-refractivity contribution in [2.24, 2.45) is 5.73 Å². The molecule has 1 heterocycles. The maximum Gasteiger partial charge on any atom is 0.224 e. The first-order valence-electron chi connectivity index (χ1n) is 7.44. The molecule has 0 saturated carbocycles. The second-order valence-electron chi connectivity index (χ2n) is 5.02. The first kappa shape index (κ1) is 15.7. The van der Waals surface area contributed by atoms with Crippen LogP contribution >= 0.6 is 11.3 Å². The number of hydrogen-bond acceptors (Lipinski definition) is 3. The van der Waals surface area contributed by atoms with Gasteiger partial charge in [0.1, 0.15) is 0 Å². The zero-order chi connectivity index (χ0) is 14.9. The third kappa shape index (κ3) is 4.99. The van der Waals surface area contributed by atoms with Gasteiger partial charge in [-0.1, -0.05) is 37.1 Å². The minimum Gasteiger partial charge on any atom is -0.330 e. The fourth-order valence-corrected chi connectivity index (χ4v) is 3.00. The molecule has 0 aliphatic heterocycles. The molecule has 0 radical (unpaired) electrons. The Kier molecular flexibility index (Phi) is 6.44. The third-order valence-corrected chi connectivity index (χ3v) is 4.25. The van der Waals surface area contributed by atoms with Gasteiger partial charge in [0.25, 0.3) is 0 Å². The van der Waals surface area contributed by atoms with E-state index in [9.17, 15) is 4.79 Å². The molecule has 21 heavy (non-hydrogen) atoms. The molecule has 2 rings (SSSR count). The average Bonchev–Trinajstić information content (AvgIpc) is 3.02. The van der Waals surface area contributed by atoms with Gasteiger partial charge in [0, 0.05) is 22.5 Å². The summed E-state index contributed by atoms with van der Waals surface area (Å²) in [7, 11) is 0. The Labute approximate surface area is 130 Å². The molecule has 1 aromatic heterocycles. The van der Waals surface area contributed by atoms with Crippen molar-refractivity contribution in [2.75, 3.05) is 11.9 Å². The Morgan fingerprint density at radius 1 is 1.05 bits per heavy atom. The normalized spacial score (nSPS) is 10.5. The largest absolute Gasteiger partial charge is 0.330 e. The smallest absolute Gasteiger partial charge is 0.224 e. The molecule has 0 saturated heterocycles. The van der Waals surface area contributed by atoms with Crippen LogP contribution in [0, 0.1) is 0 Å². The maximum absolute atomic E-state index is 12.0. The van der Waals surface area contributed by atoms with Gasteiger partial charge in [0.15, 0.2) is 0 Å². The van der Waals surface area contributed by atoms with Gasteiger partial charge in [-0.2, -0.15) is 0 Å². The second kappa shape index (κ2) is 8.60. The van der Waals surface area contributed by atoms with E-state index in [0.29, 0.717) is 6.42 Å². The predicted octanol–water partition coefficient (Wildman–Crippen LogP) is 4.26. The standard InChI is InChI=1S/C17H22N2OS/c18-12-6-2-1-3-11-17(20)19-15-9-5-4-8-14(15)16-10-7-13-21-16/h4-5,7-10,13H,1-3,6,11-12,18H2,(H,19,20). The second-order valence-corrected chi connectivity index (χ2v) is 5.97. The summed E-state index contributed by atoms with van der Waals surface area (Å²) in [4.78, 5) is 13.2. The number of thiophene rings is 1. The van der Waals surface area contributed by atoms with Gasteiger partial charge in [0.05, 0.1) is 0 Å². The fraction of sp³-hybridized carbons (Fsp3) is 0.353. The summed E-state index contributed by atoms with van der Waals surface area (Å²) in [6.45, 7) is 0.736. The van der Waals surface area contributed by atoms with E-state index in [4.69, 9.17) is 5.73 Å². The molecule has 4 heteroatoms. The average molecular weight is 302 g/mol. The van der Waals surface area contributed by atoms with Gasteiger partial charge in [-0.25, -0.2) is 0 Å². The first-order chi connectivity index (χ1) is 10.3. The molecule has 0 bridgehead atoms. The van der Waals surface area contributed by atoms with Crippen molar-refractivity contribution in [3.8, 4) is 10.4 Å². The molecule has 3 nitrogen and oxygen atoms in total. The van der Waals surface area contributed by atoms with Gasteiger partial charge in [-0.05, 0) is 36.9 Å². The molecular weight excluding hydrogens is 280 g/mol. The number of nitrogens with two attached hydrogens (primary N) is 1. The molecular formula is C17H22N2OS. The predicted molar refractivity (Wildman–Crippen MR) is 90.5 cm³/mol. The molecule has 0 unspecified atom stereocenters. The van der Waals surface area contributed by atoms with Crippen molar-refractivity contribution >= 4 is 22.9 Å². The molecule has 112 valence electrons. The number of nitrogens with one attached hydrogen (secondary N) is 1. The van der Waals surface area contributed by atoms with Crippen molar-refractivity contribution in [3.05, 3.63) is 41.8 Å². The van der Waals surface area contributed by atoms with Crippen LogP contribution in [0.25, 0.3) is 10.4 Å². The molecule has 1 aromatic carbocycles. The highest BCUT2D eigenvalue weighted by molar-refractivity contribution is 7.13. The number of amides is 1. The van der Waals surface area contributed by atoms with Gasteiger partial charge in [0.2, 0.25) is 5.91 Å². The molecule has 0 atom stereocenters. The molecule has 0 spiro atoms. The van der Waals surface area contributed by atoms with Crippen molar-refractivity contribution < 1.29 is 4.79 Å². The van der Waals surface area contributed by atoms with Crippen LogP contribution in [0.1, 0.15) is 32.1 Å². The summed E-state index contributed by atoms with van der Waals surface area (Å²) in [5.74, 6) is 0.0896. The molecule has 0 fully saturated rings. The van der Waals surface area contributed by atoms with E-state index in [-0.39, 0.29) is 5.91 Å². The Morgan fingerprint density at radius 3 is 2.62 bits per heavy atom. The highest BCUT2D eigenvalue weighted by atomic mass is 32.1. The number of para-hydroxylation sites is 1. The van der Waals surface area contributed by atoms with E-state index in [1.54, 1.807) is 11.3 Å². The zero-order valence-corrected chi connectivity index (χ0v) is 13.0. The number of anilines is 1. The highest BCUT2D eigenvalue weighted by Crippen LogP contribution is 2.31. The molecule has 0 aliphatic carbocycles. The van der Waals surface area contributed by atoms with Crippen LogP contribution in [0.5, 0.6) is 0 Å². The lowest BCUT2D eigenvalue weighted by Crippen LogP contribution is -2.11. The van der Waals surface area contributed by atoms with E-state index in [1.807, 2.05) is 35.7 Å². The van der Waals surface area contributed by atoms with Crippen LogP contribution in [0.2, 0.25) is 0 Å². The monoisotopic (exact) mass is 302 g/mol. The molecule has 0 aliphatic rings. The Balaban J connectivity index is 1.89. The van der Waals surface area contributed by atoms with Crippen LogP contribution in [0.3, 0.4) is 0 Å². The van der Waals surface area contributed by atoms with E-state index in [2.05, 4.69) is 11.4 Å². The Bertz CT molecular complexity index is 552. The van der Waals surface area contributed by atoms with Crippen LogP contribution in [0.4, 0.5) is 5.69 Å². The summed E-state index contributed by atoms with van der Waals surface area (Å²) in [5.41, 5.74) is 7.44. The minimum absolute atomic E-state index is 0.0896. The summed E-state index contributed by atoms with van der Waals surface area (Å²) in [6, 6.07) is 12.0. The lowest BCUT2D eigenvalue weighted by Gasteiger charge is -2.10. The van der Waals surface area contributed by atoms with Gasteiger partial charge in [-0.3, -0.25) is 4.79 Å². The molecule has 2 aromatic rings. The van der Waals surface area contributed by atoms with E-state index in [0.717, 1.165) is 43.5 Å². The van der Waals surface area contributed by atoms with Crippen LogP contribution < -0.4 is 11.1 Å². The third-order valence-electron chi connectivity index (χ3n) is 3.35. The van der Waals surface area contributed by atoms with Crippen molar-refractivity contribution in [1.29, 1.82) is 0 Å². The van der Waals surface area contributed by atoms with Crippen molar-refractivity contribution in [2.45, 2.75) is 32.1 Å². The Hall–Kier alpha value is -1.65. The van der Waals surface area contributed by atoms with E-state index >= 15 is 0 Å². The van der Waals surface area contributed by atoms with Crippen LogP contribution in [0.15, 0.2) is 41.8 Å². The number of rotatable bonds is 8. The van der Waals surface area contributed by atoms with Crippen LogP contribution in [-0.4, -0.2) is 12.5 Å². The highest BCUT2D eigenvalue weighted by Gasteiger charge is 2.08. The topological polar surface area (TPSA) is 55.1 Å². The minimum atomic E-state index is 0.0896. The SMILES string of the molecule is NCCCCCCC(=O)Nc1ccccc1-c1cccs1. The fourth-order valence-electron chi connectivity index (χ4n) is 2.23. The number of hydrogen-bond donors (Lipinski definition) is 2. The maximum atomic E-state index is 12.0. The summed E-state index contributed by atoms with van der Waals surface area (Å²) in [5, 5.41) is 5.08. The molecule has 3 N–H and O–H groups in total. The van der Waals surface area contributed by atoms with Crippen LogP contribution in [-0.2, 0) is 4.79 Å². The lowest BCUT2D eigenvalue weighted by molar-refractivity contribution is -0.116. The summed E-state index contributed by atoms with van der Waals surface area (Å²) < 4.78 is 0. The number of unbranched alkanes of at least 4 members (excludes halogenated alkanes) is 3. The summed E-state index contributed by atoms with van der Waals surface area (Å²) in [6.07, 6.45) is 4.71. The zero-order valence-electron chi connectivity index (χ0n) is 12.2. The lowest BCUT2D eigenvalue weighted by atomic mass is 10.1. The van der Waals surface area contributed by atoms with E-state index < -0.39 is 0 Å². The first-order valence-corrected chi connectivity index (χ1v) is 8.32. The van der Waals surface area contributed by atoms with Gasteiger partial charge >= 0.3 is 0 Å². The number of carbonyl (C=O) groups excluding carboxylic acids is 1. The molecule has 1 amide bonds. The number of carbonyl (C=O) groups is 1. The summed E-state index contributed by atoms with van der Waals surface area (Å²) >= 11 is 1.68. The van der Waals surface area contributed by atoms with Crippen molar-refractivity contribution in [1.82, 2.24) is 0 Å². The van der Waals surface area contributed by atoms with E-state index in [1.165, 1.54) is 4.88 Å². The van der Waals surface area contributed by atoms with Crippen molar-refractivity contribution in [3.63, 3.8) is 0 Å².